The van der Waals surface area contributed by atoms with Crippen LogP contribution in [0.25, 0.3) is 0 Å². The summed E-state index contributed by atoms with van der Waals surface area (Å²) in [7, 11) is 5.46. The molecular weight excluding hydrogens is 512 g/mol. The molecule has 1 heterocycles. The first-order chi connectivity index (χ1) is 12.9. The average Bonchev–Trinajstić information content (AvgIpc) is 2.90. The minimum Gasteiger partial charge on any atom is -0.383 e. The average molecular weight is 540 g/mol. The normalized spacial score (nSPS) is 11.3. The maximum absolute atomic E-state index is 6.11. The largest absolute Gasteiger partial charge is 0.383 e. The topological polar surface area (TPSA) is 54.7 Å². The minimum absolute atomic E-state index is 0. The third-order valence-electron chi connectivity index (χ3n) is 4.44. The third-order valence-corrected chi connectivity index (χ3v) is 5.18. The van der Waals surface area contributed by atoms with E-state index in [4.69, 9.17) is 27.9 Å². The Hall–Kier alpha value is -1.03. The smallest absolute Gasteiger partial charge is 0.193 e. The van der Waals surface area contributed by atoms with Gasteiger partial charge in [0.25, 0.3) is 0 Å². The van der Waals surface area contributed by atoms with Crippen LogP contribution in [0.2, 0.25) is 10.0 Å². The molecular formula is C19H28Cl2IN5O. The van der Waals surface area contributed by atoms with E-state index >= 15 is 0 Å². The molecule has 156 valence electrons. The highest BCUT2D eigenvalue weighted by atomic mass is 127. The van der Waals surface area contributed by atoms with Crippen molar-refractivity contribution in [1.82, 2.24) is 20.0 Å². The highest BCUT2D eigenvalue weighted by Crippen LogP contribution is 2.23. The van der Waals surface area contributed by atoms with Crippen LogP contribution >= 0.6 is 47.2 Å². The Morgan fingerprint density at radius 3 is 2.61 bits per heavy atom. The number of methoxy groups -OCH3 is 1. The van der Waals surface area contributed by atoms with Crippen LogP contribution in [0.1, 0.15) is 22.5 Å². The molecule has 0 amide bonds. The minimum atomic E-state index is 0. The Bertz CT molecular complexity index is 810. The van der Waals surface area contributed by atoms with Crippen molar-refractivity contribution in [3.63, 3.8) is 0 Å². The van der Waals surface area contributed by atoms with Gasteiger partial charge < -0.3 is 15.0 Å². The molecule has 0 unspecified atom stereocenters. The SMILES string of the molecule is CN=C(NCc1c(C)nn(CCOC)c1C)N(C)Cc1ccc(Cl)c(Cl)c1.I. The second kappa shape index (κ2) is 11.8. The van der Waals surface area contributed by atoms with E-state index in [2.05, 4.69) is 22.3 Å². The monoisotopic (exact) mass is 539 g/mol. The summed E-state index contributed by atoms with van der Waals surface area (Å²) >= 11 is 12.1. The summed E-state index contributed by atoms with van der Waals surface area (Å²) < 4.78 is 7.13. The molecule has 2 rings (SSSR count). The summed E-state index contributed by atoms with van der Waals surface area (Å²) in [5, 5.41) is 9.13. The standard InChI is InChI=1S/C19H27Cl2N5O.HI/c1-13-16(14(2)26(24-13)8-9-27-5)11-23-19(22-3)25(4)12-15-6-7-17(20)18(21)10-15;/h6-7,10H,8-9,11-12H2,1-5H3,(H,22,23);1H. The van der Waals surface area contributed by atoms with Crippen molar-refractivity contribution in [2.24, 2.45) is 4.99 Å². The molecule has 0 aliphatic heterocycles. The zero-order valence-corrected chi connectivity index (χ0v) is 20.8. The molecule has 1 N–H and O–H groups in total. The predicted molar refractivity (Wildman–Crippen MR) is 127 cm³/mol. The number of aryl methyl sites for hydroxylation is 1. The van der Waals surface area contributed by atoms with Crippen molar-refractivity contribution in [3.8, 4) is 0 Å². The number of nitrogens with zero attached hydrogens (tertiary/aromatic N) is 4. The summed E-state index contributed by atoms with van der Waals surface area (Å²) in [5.41, 5.74) is 4.39. The molecule has 0 bridgehead atoms. The van der Waals surface area contributed by atoms with Crippen molar-refractivity contribution in [1.29, 1.82) is 0 Å². The Balaban J connectivity index is 0.00000392. The lowest BCUT2D eigenvalue weighted by Crippen LogP contribution is -2.38. The zero-order chi connectivity index (χ0) is 20.0. The number of hydrogen-bond donors (Lipinski definition) is 1. The van der Waals surface area contributed by atoms with Gasteiger partial charge in [0.05, 0.1) is 28.9 Å². The van der Waals surface area contributed by atoms with Gasteiger partial charge in [0, 0.05) is 45.6 Å². The van der Waals surface area contributed by atoms with Gasteiger partial charge in [-0.25, -0.2) is 0 Å². The number of hydrogen-bond acceptors (Lipinski definition) is 3. The summed E-state index contributed by atoms with van der Waals surface area (Å²) in [4.78, 5) is 6.42. The molecule has 0 aliphatic rings. The van der Waals surface area contributed by atoms with Crippen LogP contribution in [-0.4, -0.2) is 48.5 Å². The van der Waals surface area contributed by atoms with Crippen LogP contribution < -0.4 is 5.32 Å². The van der Waals surface area contributed by atoms with Crippen LogP contribution in [0.15, 0.2) is 23.2 Å². The van der Waals surface area contributed by atoms with Gasteiger partial charge >= 0.3 is 0 Å². The fourth-order valence-electron chi connectivity index (χ4n) is 2.92. The number of ether oxygens (including phenoxy) is 1. The molecule has 6 nitrogen and oxygen atoms in total. The summed E-state index contributed by atoms with van der Waals surface area (Å²) in [5.74, 6) is 0.796. The van der Waals surface area contributed by atoms with Gasteiger partial charge in [-0.15, -0.1) is 24.0 Å². The van der Waals surface area contributed by atoms with E-state index in [1.165, 1.54) is 5.56 Å². The lowest BCUT2D eigenvalue weighted by molar-refractivity contribution is 0.182. The highest BCUT2D eigenvalue weighted by molar-refractivity contribution is 14.0. The van der Waals surface area contributed by atoms with Crippen LogP contribution in [0.4, 0.5) is 0 Å². The van der Waals surface area contributed by atoms with Gasteiger partial charge in [-0.3, -0.25) is 9.67 Å². The zero-order valence-electron chi connectivity index (χ0n) is 16.9. The molecule has 2 aromatic rings. The number of rotatable bonds is 7. The van der Waals surface area contributed by atoms with Gasteiger partial charge in [-0.2, -0.15) is 5.10 Å². The molecule has 0 aliphatic carbocycles. The predicted octanol–water partition coefficient (Wildman–Crippen LogP) is 4.28. The molecule has 0 saturated heterocycles. The molecule has 9 heteroatoms. The second-order valence-electron chi connectivity index (χ2n) is 6.37. The van der Waals surface area contributed by atoms with E-state index in [-0.39, 0.29) is 24.0 Å². The Labute approximate surface area is 194 Å². The van der Waals surface area contributed by atoms with E-state index in [1.54, 1.807) is 14.2 Å². The first-order valence-corrected chi connectivity index (χ1v) is 9.50. The lowest BCUT2D eigenvalue weighted by atomic mass is 10.2. The maximum Gasteiger partial charge on any atom is 0.193 e. The Kier molecular flexibility index (Phi) is 10.6. The van der Waals surface area contributed by atoms with Gasteiger partial charge in [0.1, 0.15) is 0 Å². The number of guanidine groups is 1. The summed E-state index contributed by atoms with van der Waals surface area (Å²) in [6, 6.07) is 5.65. The quantitative estimate of drug-likeness (QED) is 0.324. The fourth-order valence-corrected chi connectivity index (χ4v) is 3.24. The maximum atomic E-state index is 6.11. The van der Waals surface area contributed by atoms with Gasteiger partial charge in [0.2, 0.25) is 0 Å². The van der Waals surface area contributed by atoms with Gasteiger partial charge in [0.15, 0.2) is 5.96 Å². The number of halogens is 3. The molecule has 1 aromatic heterocycles. The molecule has 0 radical (unpaired) electrons. The molecule has 0 atom stereocenters. The van der Waals surface area contributed by atoms with Crippen LogP contribution in [0.3, 0.4) is 0 Å². The van der Waals surface area contributed by atoms with Crippen LogP contribution in [-0.2, 0) is 24.4 Å². The number of benzene rings is 1. The summed E-state index contributed by atoms with van der Waals surface area (Å²) in [6.07, 6.45) is 0. The summed E-state index contributed by atoms with van der Waals surface area (Å²) in [6.45, 7) is 6.81. The fraction of sp³-hybridized carbons (Fsp3) is 0.474. The number of nitrogens with one attached hydrogen (secondary N) is 1. The number of aromatic nitrogens is 2. The van der Waals surface area contributed by atoms with Crippen molar-refractivity contribution in [3.05, 3.63) is 50.8 Å². The Morgan fingerprint density at radius 1 is 1.29 bits per heavy atom. The molecule has 1 aromatic carbocycles. The van der Waals surface area contributed by atoms with Crippen molar-refractivity contribution in [2.75, 3.05) is 27.8 Å². The van der Waals surface area contributed by atoms with Gasteiger partial charge in [-0.05, 0) is 31.5 Å². The molecule has 0 spiro atoms. The molecule has 28 heavy (non-hydrogen) atoms. The lowest BCUT2D eigenvalue weighted by Gasteiger charge is -2.22. The van der Waals surface area contributed by atoms with E-state index in [9.17, 15) is 0 Å². The van der Waals surface area contributed by atoms with E-state index < -0.39 is 0 Å². The second-order valence-corrected chi connectivity index (χ2v) is 7.19. The number of aliphatic imine (C=N–C) groups is 1. The first kappa shape index (κ1) is 25.0. The van der Waals surface area contributed by atoms with Crippen molar-refractivity contribution in [2.45, 2.75) is 33.5 Å². The van der Waals surface area contributed by atoms with Crippen LogP contribution in [0, 0.1) is 13.8 Å². The van der Waals surface area contributed by atoms with Crippen LogP contribution in [0.5, 0.6) is 0 Å². The van der Waals surface area contributed by atoms with E-state index in [0.717, 1.165) is 29.5 Å². The van der Waals surface area contributed by atoms with E-state index in [0.29, 0.717) is 29.7 Å². The van der Waals surface area contributed by atoms with E-state index in [1.807, 2.05) is 41.8 Å². The highest BCUT2D eigenvalue weighted by Gasteiger charge is 2.13. The first-order valence-electron chi connectivity index (χ1n) is 8.74. The van der Waals surface area contributed by atoms with Gasteiger partial charge in [-0.1, -0.05) is 29.3 Å². The molecule has 0 fully saturated rings. The third kappa shape index (κ3) is 6.50. The van der Waals surface area contributed by atoms with Crippen molar-refractivity contribution >= 4 is 53.1 Å². The van der Waals surface area contributed by atoms with Crippen molar-refractivity contribution < 1.29 is 4.74 Å². The Morgan fingerprint density at radius 2 is 2.00 bits per heavy atom. The molecule has 0 saturated carbocycles.